The number of nitrogens with one attached hydrogen (secondary N) is 2. The number of carbonyl (C=O) groups is 3. The summed E-state index contributed by atoms with van der Waals surface area (Å²) in [5, 5.41) is 5.11. The van der Waals surface area contributed by atoms with E-state index in [-0.39, 0.29) is 29.5 Å². The Bertz CT molecular complexity index is 977. The van der Waals surface area contributed by atoms with Crippen LogP contribution in [0.3, 0.4) is 0 Å². The van der Waals surface area contributed by atoms with Crippen LogP contribution in [0.4, 0.5) is 5.69 Å². The van der Waals surface area contributed by atoms with Crippen LogP contribution in [0.5, 0.6) is 0 Å². The third-order valence-corrected chi connectivity index (χ3v) is 4.62. The summed E-state index contributed by atoms with van der Waals surface area (Å²) in [5.74, 6) is -1.33. The Labute approximate surface area is 187 Å². The number of anilines is 1. The molecular formula is C20H24BrN7O3. The summed E-state index contributed by atoms with van der Waals surface area (Å²) in [5.41, 5.74) is 17.1. The fraction of sp³-hybridized carbons (Fsp3) is 0.250. The molecule has 1 aromatic heterocycles. The van der Waals surface area contributed by atoms with Gasteiger partial charge in [0.2, 0.25) is 17.6 Å². The molecule has 0 aliphatic heterocycles. The molecule has 10 nitrogen and oxygen atoms in total. The number of carbonyl (C=O) groups excluding carboxylic acids is 3. The van der Waals surface area contributed by atoms with E-state index >= 15 is 0 Å². The molecule has 0 fully saturated rings. The first-order chi connectivity index (χ1) is 14.8. The molecule has 2 rings (SSSR count). The van der Waals surface area contributed by atoms with Gasteiger partial charge in [-0.3, -0.25) is 24.4 Å². The van der Waals surface area contributed by atoms with E-state index in [1.165, 1.54) is 6.20 Å². The molecule has 1 heterocycles. The smallest absolute Gasteiger partial charge is 0.243 e. The van der Waals surface area contributed by atoms with Gasteiger partial charge in [-0.05, 0) is 37.1 Å². The number of nitrogens with two attached hydrogens (primary N) is 3. The molecule has 1 atom stereocenters. The number of pyridine rings is 1. The van der Waals surface area contributed by atoms with Gasteiger partial charge in [0.05, 0.1) is 18.3 Å². The summed E-state index contributed by atoms with van der Waals surface area (Å²) in [4.78, 5) is 45.0. The number of hydrogen-bond donors (Lipinski definition) is 5. The minimum absolute atomic E-state index is 0.0239. The quantitative estimate of drug-likeness (QED) is 0.139. The molecule has 164 valence electrons. The van der Waals surface area contributed by atoms with Crippen LogP contribution < -0.4 is 27.8 Å². The van der Waals surface area contributed by atoms with Gasteiger partial charge in [0.1, 0.15) is 5.69 Å². The van der Waals surface area contributed by atoms with Crippen molar-refractivity contribution in [1.29, 1.82) is 0 Å². The summed E-state index contributed by atoms with van der Waals surface area (Å²) in [6, 6.07) is 9.06. The predicted octanol–water partition coefficient (Wildman–Crippen LogP) is 0.511. The Morgan fingerprint density at radius 2 is 1.90 bits per heavy atom. The van der Waals surface area contributed by atoms with E-state index in [2.05, 4.69) is 36.5 Å². The van der Waals surface area contributed by atoms with E-state index in [0.29, 0.717) is 29.5 Å². The number of nitrogens with zero attached hydrogens (tertiary/aromatic N) is 2. The lowest BCUT2D eigenvalue weighted by Gasteiger charge is -2.13. The van der Waals surface area contributed by atoms with Crippen molar-refractivity contribution in [2.24, 2.45) is 22.2 Å². The maximum Gasteiger partial charge on any atom is 0.243 e. The van der Waals surface area contributed by atoms with Crippen molar-refractivity contribution in [3.63, 3.8) is 0 Å². The van der Waals surface area contributed by atoms with Crippen molar-refractivity contribution in [1.82, 2.24) is 10.3 Å². The third-order valence-electron chi connectivity index (χ3n) is 4.13. The second-order valence-corrected chi connectivity index (χ2v) is 7.47. The van der Waals surface area contributed by atoms with E-state index in [1.54, 1.807) is 36.4 Å². The summed E-state index contributed by atoms with van der Waals surface area (Å²) >= 11 is 3.30. The van der Waals surface area contributed by atoms with E-state index in [9.17, 15) is 14.4 Å². The highest BCUT2D eigenvalue weighted by atomic mass is 79.9. The lowest BCUT2D eigenvalue weighted by Crippen LogP contribution is -2.43. The van der Waals surface area contributed by atoms with Gasteiger partial charge in [0.25, 0.3) is 0 Å². The summed E-state index contributed by atoms with van der Waals surface area (Å²) in [7, 11) is 0. The maximum atomic E-state index is 12.8. The first kappa shape index (κ1) is 24.0. The molecule has 0 unspecified atom stereocenters. The van der Waals surface area contributed by atoms with Gasteiger partial charge in [0.15, 0.2) is 5.96 Å². The van der Waals surface area contributed by atoms with Crippen molar-refractivity contribution in [3.05, 3.63) is 58.3 Å². The van der Waals surface area contributed by atoms with Crippen LogP contribution in [0.25, 0.3) is 0 Å². The molecule has 31 heavy (non-hydrogen) atoms. The molecule has 0 radical (unpaired) electrons. The summed E-state index contributed by atoms with van der Waals surface area (Å²) < 4.78 is 0.713. The van der Waals surface area contributed by atoms with Crippen LogP contribution in [0.15, 0.2) is 52.1 Å². The highest BCUT2D eigenvalue weighted by Crippen LogP contribution is 2.20. The van der Waals surface area contributed by atoms with Crippen molar-refractivity contribution in [3.8, 4) is 0 Å². The normalized spacial score (nSPS) is 11.3. The Morgan fingerprint density at radius 1 is 1.16 bits per heavy atom. The number of para-hydroxylation sites is 1. The average molecular weight is 490 g/mol. The van der Waals surface area contributed by atoms with Gasteiger partial charge in [0, 0.05) is 22.8 Å². The van der Waals surface area contributed by atoms with E-state index < -0.39 is 17.9 Å². The van der Waals surface area contributed by atoms with Gasteiger partial charge in [-0.1, -0.05) is 28.1 Å². The number of hydrogen-bond acceptors (Lipinski definition) is 6. The second-order valence-electron chi connectivity index (χ2n) is 6.56. The van der Waals surface area contributed by atoms with Crippen molar-refractivity contribution >= 4 is 45.2 Å². The standard InChI is InChI=1S/C20H24BrN7O3/c21-12-7-9-25-16(10-12)18(30)13-4-1-2-6-15(13)28-17(29)11-27-19(31)14(22)5-3-8-26-20(23)24/h1-2,4,6-7,9-10,14H,3,5,8,11,22H2,(H,27,31)(H,28,29)(H4,23,24,26)/t14-/m0/s1. The Morgan fingerprint density at radius 3 is 2.61 bits per heavy atom. The Kier molecular flexibility index (Phi) is 9.10. The van der Waals surface area contributed by atoms with Crippen LogP contribution in [-0.4, -0.2) is 47.7 Å². The molecule has 0 saturated carbocycles. The monoisotopic (exact) mass is 489 g/mol. The van der Waals surface area contributed by atoms with Crippen LogP contribution in [-0.2, 0) is 9.59 Å². The molecule has 0 aliphatic rings. The van der Waals surface area contributed by atoms with Crippen LogP contribution in [0.2, 0.25) is 0 Å². The minimum atomic E-state index is -0.793. The van der Waals surface area contributed by atoms with Crippen LogP contribution >= 0.6 is 15.9 Å². The lowest BCUT2D eigenvalue weighted by atomic mass is 10.1. The molecule has 0 aliphatic carbocycles. The fourth-order valence-electron chi connectivity index (χ4n) is 2.60. The van der Waals surface area contributed by atoms with E-state index in [4.69, 9.17) is 17.2 Å². The minimum Gasteiger partial charge on any atom is -0.370 e. The van der Waals surface area contributed by atoms with Gasteiger partial charge in [-0.15, -0.1) is 0 Å². The molecular weight excluding hydrogens is 466 g/mol. The third kappa shape index (κ3) is 7.79. The first-order valence-electron chi connectivity index (χ1n) is 9.41. The molecule has 2 aromatic rings. The largest absolute Gasteiger partial charge is 0.370 e. The zero-order valence-electron chi connectivity index (χ0n) is 16.7. The number of amides is 2. The van der Waals surface area contributed by atoms with E-state index in [1.807, 2.05) is 0 Å². The maximum absolute atomic E-state index is 12.8. The van der Waals surface area contributed by atoms with Crippen molar-refractivity contribution in [2.45, 2.75) is 18.9 Å². The number of rotatable bonds is 10. The highest BCUT2D eigenvalue weighted by Gasteiger charge is 2.18. The number of guanidine groups is 1. The number of halogens is 1. The van der Waals surface area contributed by atoms with Gasteiger partial charge in [-0.2, -0.15) is 0 Å². The van der Waals surface area contributed by atoms with E-state index in [0.717, 1.165) is 0 Å². The van der Waals surface area contributed by atoms with Gasteiger partial charge >= 0.3 is 0 Å². The first-order valence-corrected chi connectivity index (χ1v) is 10.2. The second kappa shape index (κ2) is 11.8. The molecule has 0 bridgehead atoms. The topological polar surface area (TPSA) is 179 Å². The van der Waals surface area contributed by atoms with Crippen LogP contribution in [0, 0.1) is 0 Å². The zero-order valence-corrected chi connectivity index (χ0v) is 18.3. The highest BCUT2D eigenvalue weighted by molar-refractivity contribution is 9.10. The Balaban J connectivity index is 1.92. The molecule has 0 saturated heterocycles. The van der Waals surface area contributed by atoms with Crippen LogP contribution in [0.1, 0.15) is 28.9 Å². The number of benzene rings is 1. The van der Waals surface area contributed by atoms with Gasteiger partial charge < -0.3 is 27.8 Å². The molecule has 11 heteroatoms. The average Bonchev–Trinajstić information content (AvgIpc) is 2.74. The number of aromatic nitrogens is 1. The summed E-state index contributed by atoms with van der Waals surface area (Å²) in [6.45, 7) is 0.0690. The lowest BCUT2D eigenvalue weighted by molar-refractivity contribution is -0.125. The van der Waals surface area contributed by atoms with Crippen molar-refractivity contribution in [2.75, 3.05) is 18.4 Å². The van der Waals surface area contributed by atoms with Gasteiger partial charge in [-0.25, -0.2) is 0 Å². The SMILES string of the molecule is NC(N)=NCCC[C@H](N)C(=O)NCC(=O)Nc1ccccc1C(=O)c1cc(Br)ccn1. The molecule has 0 spiro atoms. The van der Waals surface area contributed by atoms with Crippen molar-refractivity contribution < 1.29 is 14.4 Å². The number of ketones is 1. The predicted molar refractivity (Wildman–Crippen MR) is 121 cm³/mol. The molecule has 8 N–H and O–H groups in total. The summed E-state index contributed by atoms with van der Waals surface area (Å²) in [6.07, 6.45) is 2.40. The number of aliphatic imine (C=N–C) groups is 1. The molecule has 1 aromatic carbocycles. The Hall–Kier alpha value is -3.31. The molecule has 2 amide bonds. The fourth-order valence-corrected chi connectivity index (χ4v) is 2.94. The zero-order chi connectivity index (χ0) is 22.8.